The van der Waals surface area contributed by atoms with E-state index < -0.39 is 0 Å². The topological polar surface area (TPSA) is 60.7 Å². The Kier molecular flexibility index (Phi) is 3.08. The quantitative estimate of drug-likeness (QED) is 0.571. The summed E-state index contributed by atoms with van der Waals surface area (Å²) in [5.74, 6) is -0.339. The number of halogens is 1. The fourth-order valence-corrected chi connectivity index (χ4v) is 2.61. The molecule has 5 nitrogen and oxygen atoms in total. The van der Waals surface area contributed by atoms with Crippen molar-refractivity contribution in [2.24, 2.45) is 0 Å². The third-order valence-electron chi connectivity index (χ3n) is 3.75. The Labute approximate surface area is 130 Å². The van der Waals surface area contributed by atoms with E-state index in [0.717, 1.165) is 0 Å². The molecule has 2 heterocycles. The number of rotatable bonds is 2. The van der Waals surface area contributed by atoms with Crippen molar-refractivity contribution >= 4 is 21.8 Å². The van der Waals surface area contributed by atoms with Gasteiger partial charge in [-0.05, 0) is 30.3 Å². The summed E-state index contributed by atoms with van der Waals surface area (Å²) in [6.07, 6.45) is 1.60. The summed E-state index contributed by atoms with van der Waals surface area (Å²) in [4.78, 5) is 16.7. The maximum atomic E-state index is 13.9. The highest BCUT2D eigenvalue weighted by molar-refractivity contribution is 5.82. The predicted molar refractivity (Wildman–Crippen MR) is 84.6 cm³/mol. The van der Waals surface area contributed by atoms with Gasteiger partial charge in [-0.2, -0.15) is 0 Å². The van der Waals surface area contributed by atoms with Crippen LogP contribution in [-0.4, -0.2) is 20.0 Å². The van der Waals surface area contributed by atoms with Crippen molar-refractivity contribution < 1.29 is 4.39 Å². The fourth-order valence-electron chi connectivity index (χ4n) is 2.61. The number of hydrogen-bond donors (Lipinski definition) is 0. The van der Waals surface area contributed by atoms with Crippen LogP contribution in [0.4, 0.5) is 4.39 Å². The van der Waals surface area contributed by atoms with Gasteiger partial charge in [0.1, 0.15) is 11.3 Å². The molecule has 0 spiro atoms. The molecule has 0 saturated carbocycles. The molecule has 112 valence electrons. The summed E-state index contributed by atoms with van der Waals surface area (Å²) in [5, 5.41) is 8.94. The zero-order valence-corrected chi connectivity index (χ0v) is 12.0. The number of hydrogen-bond acceptors (Lipinski definition) is 4. The van der Waals surface area contributed by atoms with Crippen LogP contribution in [-0.2, 0) is 6.54 Å². The molecule has 0 fully saturated rings. The molecule has 4 rings (SSSR count). The van der Waals surface area contributed by atoms with Gasteiger partial charge in [-0.1, -0.05) is 23.4 Å². The van der Waals surface area contributed by atoms with E-state index in [1.54, 1.807) is 48.7 Å². The second kappa shape index (κ2) is 5.24. The molecule has 0 saturated heterocycles. The average molecular weight is 306 g/mol. The molecular weight excluding hydrogens is 295 g/mol. The van der Waals surface area contributed by atoms with E-state index in [0.29, 0.717) is 27.4 Å². The molecule has 2 aromatic carbocycles. The van der Waals surface area contributed by atoms with Gasteiger partial charge in [0.05, 0.1) is 17.4 Å². The smallest absolute Gasteiger partial charge is 0.267 e. The highest BCUT2D eigenvalue weighted by Crippen LogP contribution is 2.20. The number of nitrogens with zero attached hydrogens (tertiary/aromatic N) is 4. The molecule has 0 aliphatic carbocycles. The lowest BCUT2D eigenvalue weighted by molar-refractivity contribution is 0.600. The van der Waals surface area contributed by atoms with Gasteiger partial charge in [-0.25, -0.2) is 9.07 Å². The van der Waals surface area contributed by atoms with Gasteiger partial charge < -0.3 is 0 Å². The zero-order chi connectivity index (χ0) is 15.8. The van der Waals surface area contributed by atoms with Crippen LogP contribution in [0.1, 0.15) is 5.56 Å². The molecule has 0 N–H and O–H groups in total. The lowest BCUT2D eigenvalue weighted by Gasteiger charge is -2.08. The first-order chi connectivity index (χ1) is 11.2. The molecule has 0 amide bonds. The number of benzene rings is 2. The minimum atomic E-state index is -0.339. The molecule has 0 bridgehead atoms. The first-order valence-corrected chi connectivity index (χ1v) is 7.09. The third kappa shape index (κ3) is 2.24. The van der Waals surface area contributed by atoms with Gasteiger partial charge in [0.25, 0.3) is 5.56 Å². The highest BCUT2D eigenvalue weighted by atomic mass is 19.1. The SMILES string of the molecule is O=c1c2ccccc2nnn1Cc1ccc(F)c2cccnc12. The minimum Gasteiger partial charge on any atom is -0.267 e. The standard InChI is InChI=1S/C17H11FN4O/c18-14-8-7-11(16-12(14)5-3-9-19-16)10-22-17(23)13-4-1-2-6-15(13)20-21-22/h1-9H,10H2. The summed E-state index contributed by atoms with van der Waals surface area (Å²) in [6.45, 7) is 0.185. The third-order valence-corrected chi connectivity index (χ3v) is 3.75. The van der Waals surface area contributed by atoms with E-state index in [-0.39, 0.29) is 17.9 Å². The van der Waals surface area contributed by atoms with E-state index in [1.807, 2.05) is 0 Å². The van der Waals surface area contributed by atoms with Gasteiger partial charge in [0, 0.05) is 17.1 Å². The van der Waals surface area contributed by atoms with Crippen molar-refractivity contribution in [3.05, 3.63) is 76.5 Å². The molecule has 0 radical (unpaired) electrons. The normalized spacial score (nSPS) is 11.2. The second-order valence-corrected chi connectivity index (χ2v) is 5.18. The van der Waals surface area contributed by atoms with Crippen molar-refractivity contribution in [3.63, 3.8) is 0 Å². The average Bonchev–Trinajstić information content (AvgIpc) is 2.60. The Hall–Kier alpha value is -3.15. The number of aromatic nitrogens is 4. The molecule has 2 aromatic heterocycles. The Morgan fingerprint density at radius 1 is 1.00 bits per heavy atom. The summed E-state index contributed by atoms with van der Waals surface area (Å²) in [7, 11) is 0. The molecule has 4 aromatic rings. The van der Waals surface area contributed by atoms with E-state index in [9.17, 15) is 9.18 Å². The Morgan fingerprint density at radius 3 is 2.74 bits per heavy atom. The Bertz CT molecular complexity index is 1090. The van der Waals surface area contributed by atoms with Crippen LogP contribution < -0.4 is 5.56 Å². The van der Waals surface area contributed by atoms with Crippen LogP contribution in [0.15, 0.2) is 59.5 Å². The molecular formula is C17H11FN4O. The Morgan fingerprint density at radius 2 is 1.83 bits per heavy atom. The van der Waals surface area contributed by atoms with Crippen molar-refractivity contribution in [1.82, 2.24) is 20.0 Å². The summed E-state index contributed by atoms with van der Waals surface area (Å²) in [5.41, 5.74) is 1.56. The molecule has 23 heavy (non-hydrogen) atoms. The molecule has 0 atom stereocenters. The molecule has 0 aliphatic heterocycles. The van der Waals surface area contributed by atoms with Crippen LogP contribution >= 0.6 is 0 Å². The monoisotopic (exact) mass is 306 g/mol. The lowest BCUT2D eigenvalue weighted by atomic mass is 10.1. The predicted octanol–water partition coefficient (Wildman–Crippen LogP) is 2.53. The van der Waals surface area contributed by atoms with Gasteiger partial charge >= 0.3 is 0 Å². The van der Waals surface area contributed by atoms with E-state index in [2.05, 4.69) is 15.3 Å². The zero-order valence-electron chi connectivity index (χ0n) is 12.0. The Balaban J connectivity index is 1.87. The fraction of sp³-hybridized carbons (Fsp3) is 0.0588. The van der Waals surface area contributed by atoms with Crippen LogP contribution in [0.3, 0.4) is 0 Å². The maximum Gasteiger partial charge on any atom is 0.277 e. The number of fused-ring (bicyclic) bond motifs is 2. The van der Waals surface area contributed by atoms with Crippen molar-refractivity contribution in [1.29, 1.82) is 0 Å². The molecule has 6 heteroatoms. The summed E-state index contributed by atoms with van der Waals surface area (Å²) in [6, 6.07) is 13.4. The van der Waals surface area contributed by atoms with E-state index in [4.69, 9.17) is 0 Å². The molecule has 0 unspecified atom stereocenters. The highest BCUT2D eigenvalue weighted by Gasteiger charge is 2.10. The largest absolute Gasteiger partial charge is 0.277 e. The number of pyridine rings is 1. The van der Waals surface area contributed by atoms with Crippen molar-refractivity contribution in [2.45, 2.75) is 6.54 Å². The van der Waals surface area contributed by atoms with Crippen LogP contribution in [0.2, 0.25) is 0 Å². The molecule has 0 aliphatic rings. The van der Waals surface area contributed by atoms with Crippen LogP contribution in [0.25, 0.3) is 21.8 Å². The van der Waals surface area contributed by atoms with Crippen LogP contribution in [0, 0.1) is 5.82 Å². The maximum absolute atomic E-state index is 13.9. The van der Waals surface area contributed by atoms with Crippen molar-refractivity contribution in [2.75, 3.05) is 0 Å². The van der Waals surface area contributed by atoms with Crippen LogP contribution in [0.5, 0.6) is 0 Å². The second-order valence-electron chi connectivity index (χ2n) is 5.18. The summed E-state index contributed by atoms with van der Waals surface area (Å²) < 4.78 is 15.1. The first kappa shape index (κ1) is 13.5. The van der Waals surface area contributed by atoms with Crippen molar-refractivity contribution in [3.8, 4) is 0 Å². The van der Waals surface area contributed by atoms with Gasteiger partial charge in [0.2, 0.25) is 0 Å². The van der Waals surface area contributed by atoms with Gasteiger partial charge in [0.15, 0.2) is 0 Å². The van der Waals surface area contributed by atoms with E-state index in [1.165, 1.54) is 10.7 Å². The van der Waals surface area contributed by atoms with Gasteiger partial charge in [-0.15, -0.1) is 5.10 Å². The first-order valence-electron chi connectivity index (χ1n) is 7.09. The van der Waals surface area contributed by atoms with Gasteiger partial charge in [-0.3, -0.25) is 9.78 Å². The van der Waals surface area contributed by atoms with E-state index >= 15 is 0 Å². The summed E-state index contributed by atoms with van der Waals surface area (Å²) >= 11 is 0. The minimum absolute atomic E-state index is 0.185. The lowest BCUT2D eigenvalue weighted by Crippen LogP contribution is -2.25.